The number of nitrogens with zero attached hydrogens (tertiary/aromatic N) is 1. The number of nitrogen functional groups attached to an aromatic ring is 1. The minimum absolute atomic E-state index is 0.233. The number of aromatic nitrogens is 1. The topological polar surface area (TPSA) is 50.9 Å². The van der Waals surface area contributed by atoms with E-state index in [9.17, 15) is 0 Å². The number of nitrogens with one attached hydrogen (secondary N) is 1. The number of anilines is 1. The molecule has 1 aromatic carbocycles. The minimum Gasteiger partial charge on any atom is -0.383 e. The zero-order valence-electron chi connectivity index (χ0n) is 11.6. The van der Waals surface area contributed by atoms with Crippen molar-refractivity contribution < 1.29 is 0 Å². The number of pyridine rings is 1. The van der Waals surface area contributed by atoms with Crippen LogP contribution in [0.4, 0.5) is 5.82 Å². The molecule has 0 saturated heterocycles. The molecule has 20 heavy (non-hydrogen) atoms. The Labute approximate surface area is 128 Å². The van der Waals surface area contributed by atoms with Crippen LogP contribution in [0.5, 0.6) is 0 Å². The van der Waals surface area contributed by atoms with E-state index in [1.165, 1.54) is 5.56 Å². The average molecular weight is 334 g/mol. The van der Waals surface area contributed by atoms with Crippen LogP contribution in [0.1, 0.15) is 30.5 Å². The van der Waals surface area contributed by atoms with Crippen molar-refractivity contribution in [2.45, 2.75) is 25.8 Å². The summed E-state index contributed by atoms with van der Waals surface area (Å²) in [5.74, 6) is 0.614. The summed E-state index contributed by atoms with van der Waals surface area (Å²) in [5.41, 5.74) is 8.30. The minimum atomic E-state index is 0.233. The Morgan fingerprint density at radius 3 is 2.75 bits per heavy atom. The van der Waals surface area contributed by atoms with Crippen LogP contribution in [-0.4, -0.2) is 11.5 Å². The molecule has 2 rings (SSSR count). The van der Waals surface area contributed by atoms with Crippen molar-refractivity contribution in [1.82, 2.24) is 10.3 Å². The molecule has 1 atom stereocenters. The van der Waals surface area contributed by atoms with Crippen molar-refractivity contribution in [1.29, 1.82) is 0 Å². The molecule has 0 fully saturated rings. The van der Waals surface area contributed by atoms with Crippen LogP contribution in [-0.2, 0) is 6.42 Å². The van der Waals surface area contributed by atoms with Crippen LogP contribution >= 0.6 is 15.9 Å². The fourth-order valence-electron chi connectivity index (χ4n) is 2.21. The summed E-state index contributed by atoms with van der Waals surface area (Å²) < 4.78 is 1.12. The molecule has 0 amide bonds. The summed E-state index contributed by atoms with van der Waals surface area (Å²) >= 11 is 3.63. The number of rotatable bonds is 6. The Hall–Kier alpha value is -1.39. The highest BCUT2D eigenvalue weighted by atomic mass is 79.9. The third-order valence-electron chi connectivity index (χ3n) is 3.27. The Bertz CT molecular complexity index is 557. The van der Waals surface area contributed by atoms with Gasteiger partial charge >= 0.3 is 0 Å². The zero-order chi connectivity index (χ0) is 14.4. The Morgan fingerprint density at radius 2 is 2.05 bits per heavy atom. The van der Waals surface area contributed by atoms with Gasteiger partial charge in [0.25, 0.3) is 0 Å². The van der Waals surface area contributed by atoms with Gasteiger partial charge in [-0.2, -0.15) is 0 Å². The second kappa shape index (κ2) is 7.41. The standard InChI is InChI=1S/C16H20BrN3/c1-2-9-19-15(13-7-3-4-8-14(13)17)11-12-6-5-10-20-16(12)18/h3-8,10,15,19H,2,9,11H2,1H3,(H2,18,20). The first-order chi connectivity index (χ1) is 9.72. The van der Waals surface area contributed by atoms with Gasteiger partial charge in [0.2, 0.25) is 0 Å². The summed E-state index contributed by atoms with van der Waals surface area (Å²) in [4.78, 5) is 4.17. The number of hydrogen-bond acceptors (Lipinski definition) is 3. The predicted molar refractivity (Wildman–Crippen MR) is 87.5 cm³/mol. The van der Waals surface area contributed by atoms with E-state index in [-0.39, 0.29) is 6.04 Å². The maximum atomic E-state index is 5.96. The van der Waals surface area contributed by atoms with Crippen LogP contribution < -0.4 is 11.1 Å². The van der Waals surface area contributed by atoms with Gasteiger partial charge in [0.05, 0.1) is 0 Å². The molecular formula is C16H20BrN3. The first-order valence-corrected chi connectivity index (χ1v) is 7.68. The molecule has 0 aliphatic carbocycles. The van der Waals surface area contributed by atoms with Gasteiger partial charge < -0.3 is 11.1 Å². The van der Waals surface area contributed by atoms with Crippen molar-refractivity contribution >= 4 is 21.7 Å². The lowest BCUT2D eigenvalue weighted by molar-refractivity contribution is 0.527. The quantitative estimate of drug-likeness (QED) is 0.847. The van der Waals surface area contributed by atoms with Gasteiger partial charge in [0, 0.05) is 16.7 Å². The highest BCUT2D eigenvalue weighted by molar-refractivity contribution is 9.10. The Kier molecular flexibility index (Phi) is 5.56. The fraction of sp³-hybridized carbons (Fsp3) is 0.312. The molecule has 0 spiro atoms. The third-order valence-corrected chi connectivity index (χ3v) is 3.99. The van der Waals surface area contributed by atoms with Crippen LogP contribution in [0.25, 0.3) is 0 Å². The molecule has 1 aromatic heterocycles. The molecule has 3 nitrogen and oxygen atoms in total. The number of nitrogens with two attached hydrogens (primary N) is 1. The smallest absolute Gasteiger partial charge is 0.126 e. The summed E-state index contributed by atoms with van der Waals surface area (Å²) in [6.45, 7) is 3.15. The molecule has 1 heterocycles. The molecule has 4 heteroatoms. The molecule has 0 radical (unpaired) electrons. The van der Waals surface area contributed by atoms with Gasteiger partial charge in [-0.1, -0.05) is 47.1 Å². The molecule has 0 saturated carbocycles. The van der Waals surface area contributed by atoms with Gasteiger partial charge in [-0.15, -0.1) is 0 Å². The van der Waals surface area contributed by atoms with Crippen molar-refractivity contribution in [3.8, 4) is 0 Å². The fourth-order valence-corrected chi connectivity index (χ4v) is 2.77. The summed E-state index contributed by atoms with van der Waals surface area (Å²) in [6.07, 6.45) is 3.66. The van der Waals surface area contributed by atoms with E-state index in [1.54, 1.807) is 6.20 Å². The molecule has 2 aromatic rings. The van der Waals surface area contributed by atoms with Crippen molar-refractivity contribution in [3.63, 3.8) is 0 Å². The van der Waals surface area contributed by atoms with Crippen LogP contribution in [0, 0.1) is 0 Å². The van der Waals surface area contributed by atoms with Crippen molar-refractivity contribution in [3.05, 3.63) is 58.2 Å². The van der Waals surface area contributed by atoms with E-state index >= 15 is 0 Å². The third kappa shape index (κ3) is 3.81. The monoisotopic (exact) mass is 333 g/mol. The van der Waals surface area contributed by atoms with Crippen LogP contribution in [0.15, 0.2) is 47.1 Å². The first kappa shape index (κ1) is 15.0. The molecule has 0 bridgehead atoms. The maximum Gasteiger partial charge on any atom is 0.126 e. The van der Waals surface area contributed by atoms with Gasteiger partial charge in [0.15, 0.2) is 0 Å². The lowest BCUT2D eigenvalue weighted by atomic mass is 9.99. The van der Waals surface area contributed by atoms with E-state index in [1.807, 2.05) is 18.2 Å². The van der Waals surface area contributed by atoms with Crippen LogP contribution in [0.2, 0.25) is 0 Å². The molecular weight excluding hydrogens is 314 g/mol. The second-order valence-electron chi connectivity index (χ2n) is 4.78. The van der Waals surface area contributed by atoms with Gasteiger partial charge in [-0.25, -0.2) is 4.98 Å². The van der Waals surface area contributed by atoms with E-state index in [2.05, 4.69) is 51.4 Å². The summed E-state index contributed by atoms with van der Waals surface area (Å²) in [5, 5.41) is 3.59. The van der Waals surface area contributed by atoms with E-state index in [0.717, 1.165) is 29.4 Å². The normalized spacial score (nSPS) is 12.3. The highest BCUT2D eigenvalue weighted by Gasteiger charge is 2.15. The molecule has 0 aliphatic heterocycles. The van der Waals surface area contributed by atoms with E-state index in [0.29, 0.717) is 5.82 Å². The first-order valence-electron chi connectivity index (χ1n) is 6.89. The number of halogens is 1. The summed E-state index contributed by atoms with van der Waals surface area (Å²) in [6, 6.07) is 12.5. The number of benzene rings is 1. The second-order valence-corrected chi connectivity index (χ2v) is 5.63. The molecule has 0 aliphatic rings. The van der Waals surface area contributed by atoms with Crippen molar-refractivity contribution in [2.75, 3.05) is 12.3 Å². The Balaban J connectivity index is 2.24. The molecule has 3 N–H and O–H groups in total. The summed E-state index contributed by atoms with van der Waals surface area (Å²) in [7, 11) is 0. The van der Waals surface area contributed by atoms with Crippen molar-refractivity contribution in [2.24, 2.45) is 0 Å². The lowest BCUT2D eigenvalue weighted by Gasteiger charge is -2.21. The average Bonchev–Trinajstić information content (AvgIpc) is 2.46. The van der Waals surface area contributed by atoms with E-state index in [4.69, 9.17) is 5.73 Å². The van der Waals surface area contributed by atoms with Crippen LogP contribution in [0.3, 0.4) is 0 Å². The maximum absolute atomic E-state index is 5.96. The van der Waals surface area contributed by atoms with Gasteiger partial charge in [-0.05, 0) is 42.6 Å². The van der Waals surface area contributed by atoms with Gasteiger partial charge in [0.1, 0.15) is 5.82 Å². The zero-order valence-corrected chi connectivity index (χ0v) is 13.2. The SMILES string of the molecule is CCCNC(Cc1cccnc1N)c1ccccc1Br. The van der Waals surface area contributed by atoms with Gasteiger partial charge in [-0.3, -0.25) is 0 Å². The molecule has 106 valence electrons. The largest absolute Gasteiger partial charge is 0.383 e. The lowest BCUT2D eigenvalue weighted by Crippen LogP contribution is -2.24. The highest BCUT2D eigenvalue weighted by Crippen LogP contribution is 2.27. The Morgan fingerprint density at radius 1 is 1.25 bits per heavy atom. The predicted octanol–water partition coefficient (Wildman–Crippen LogP) is 3.71. The molecule has 1 unspecified atom stereocenters. The van der Waals surface area contributed by atoms with E-state index < -0.39 is 0 Å². The number of hydrogen-bond donors (Lipinski definition) is 2.